The molecular weight excluding hydrogens is 150 g/mol. The van der Waals surface area contributed by atoms with Crippen molar-refractivity contribution in [3.05, 3.63) is 12.2 Å². The second kappa shape index (κ2) is 3.85. The molecule has 0 heterocycles. The lowest BCUT2D eigenvalue weighted by Crippen LogP contribution is -2.36. The third kappa shape index (κ3) is 1.95. The zero-order valence-corrected chi connectivity index (χ0v) is 7.97. The van der Waals surface area contributed by atoms with Gasteiger partial charge in [-0.15, -0.1) is 0 Å². The second-order valence-corrected chi connectivity index (χ2v) is 3.70. The van der Waals surface area contributed by atoms with E-state index in [-0.39, 0.29) is 6.04 Å². The number of carbonyl (C=O) groups is 1. The molecule has 0 N–H and O–H groups in total. The Morgan fingerprint density at radius 3 is 2.50 bits per heavy atom. The molecule has 1 atom stereocenters. The van der Waals surface area contributed by atoms with Gasteiger partial charge in [-0.25, -0.2) is 0 Å². The minimum Gasteiger partial charge on any atom is -0.298 e. The van der Waals surface area contributed by atoms with E-state index in [0.29, 0.717) is 5.78 Å². The highest BCUT2D eigenvalue weighted by Crippen LogP contribution is 2.21. The summed E-state index contributed by atoms with van der Waals surface area (Å²) in [6.45, 7) is 3.96. The number of ketones is 1. The average molecular weight is 167 g/mol. The average Bonchev–Trinajstić information content (AvgIpc) is 2.11. The third-order valence-corrected chi connectivity index (χ3v) is 2.38. The molecule has 0 saturated heterocycles. The number of hydrogen-bond acceptors (Lipinski definition) is 2. The van der Waals surface area contributed by atoms with Gasteiger partial charge in [-0.1, -0.05) is 12.2 Å². The van der Waals surface area contributed by atoms with Crippen molar-refractivity contribution in [1.29, 1.82) is 0 Å². The van der Waals surface area contributed by atoms with Gasteiger partial charge in [-0.2, -0.15) is 0 Å². The van der Waals surface area contributed by atoms with E-state index in [4.69, 9.17) is 0 Å². The largest absolute Gasteiger partial charge is 0.298 e. The smallest absolute Gasteiger partial charge is 0.154 e. The lowest BCUT2D eigenvalue weighted by molar-refractivity contribution is -0.122. The number of hydrogen-bond donors (Lipinski definition) is 0. The Morgan fingerprint density at radius 1 is 1.33 bits per heavy atom. The Labute approximate surface area is 74.2 Å². The van der Waals surface area contributed by atoms with E-state index in [1.165, 1.54) is 0 Å². The van der Waals surface area contributed by atoms with Gasteiger partial charge in [0.15, 0.2) is 5.78 Å². The van der Waals surface area contributed by atoms with Crippen molar-refractivity contribution in [2.75, 3.05) is 14.1 Å². The summed E-state index contributed by atoms with van der Waals surface area (Å²) in [5.74, 6) is 0.336. The van der Waals surface area contributed by atoms with Gasteiger partial charge in [0.05, 0.1) is 6.04 Å². The molecule has 68 valence electrons. The van der Waals surface area contributed by atoms with Crippen molar-refractivity contribution in [3.63, 3.8) is 0 Å². The van der Waals surface area contributed by atoms with Crippen molar-refractivity contribution in [3.8, 4) is 0 Å². The first-order chi connectivity index (χ1) is 5.63. The Morgan fingerprint density at radius 2 is 1.92 bits per heavy atom. The molecule has 1 unspecified atom stereocenters. The fraction of sp³-hybridized carbons (Fsp3) is 0.700. The van der Waals surface area contributed by atoms with Crippen molar-refractivity contribution in [1.82, 2.24) is 4.90 Å². The van der Waals surface area contributed by atoms with E-state index in [2.05, 4.69) is 6.58 Å². The number of carbonyl (C=O) groups excluding carboxylic acids is 1. The molecule has 0 aliphatic heterocycles. The SMILES string of the molecule is C=C1CCCCC(=O)C1N(C)C. The van der Waals surface area contributed by atoms with E-state index in [1.54, 1.807) is 0 Å². The molecule has 2 heteroatoms. The first-order valence-electron chi connectivity index (χ1n) is 4.49. The van der Waals surface area contributed by atoms with Crippen LogP contribution in [0, 0.1) is 0 Å². The van der Waals surface area contributed by atoms with Gasteiger partial charge in [0.25, 0.3) is 0 Å². The van der Waals surface area contributed by atoms with E-state index in [0.717, 1.165) is 31.3 Å². The van der Waals surface area contributed by atoms with Crippen molar-refractivity contribution in [2.45, 2.75) is 31.7 Å². The predicted molar refractivity (Wildman–Crippen MR) is 50.1 cm³/mol. The van der Waals surface area contributed by atoms with Crippen LogP contribution in [0.5, 0.6) is 0 Å². The lowest BCUT2D eigenvalue weighted by atomic mass is 10.0. The van der Waals surface area contributed by atoms with Gasteiger partial charge in [0.1, 0.15) is 0 Å². The fourth-order valence-corrected chi connectivity index (χ4v) is 1.81. The summed E-state index contributed by atoms with van der Waals surface area (Å²) in [5.41, 5.74) is 1.09. The topological polar surface area (TPSA) is 20.3 Å². The first-order valence-corrected chi connectivity index (χ1v) is 4.49. The van der Waals surface area contributed by atoms with Gasteiger partial charge in [-0.3, -0.25) is 9.69 Å². The first kappa shape index (κ1) is 9.46. The van der Waals surface area contributed by atoms with Crippen LogP contribution in [-0.4, -0.2) is 30.8 Å². The number of rotatable bonds is 1. The molecule has 0 amide bonds. The Kier molecular flexibility index (Phi) is 3.04. The van der Waals surface area contributed by atoms with E-state index in [1.807, 2.05) is 19.0 Å². The van der Waals surface area contributed by atoms with Gasteiger partial charge in [0, 0.05) is 6.42 Å². The summed E-state index contributed by atoms with van der Waals surface area (Å²) in [6.07, 6.45) is 3.88. The van der Waals surface area contributed by atoms with Crippen LogP contribution >= 0.6 is 0 Å². The summed E-state index contributed by atoms with van der Waals surface area (Å²) >= 11 is 0. The maximum Gasteiger partial charge on any atom is 0.154 e. The molecule has 0 aromatic rings. The van der Waals surface area contributed by atoms with Crippen LogP contribution in [0.1, 0.15) is 25.7 Å². The molecule has 12 heavy (non-hydrogen) atoms. The van der Waals surface area contributed by atoms with Gasteiger partial charge < -0.3 is 0 Å². The predicted octanol–water partition coefficient (Wildman–Crippen LogP) is 1.62. The van der Waals surface area contributed by atoms with Crippen LogP contribution in [0.15, 0.2) is 12.2 Å². The van der Waals surface area contributed by atoms with Gasteiger partial charge >= 0.3 is 0 Å². The van der Waals surface area contributed by atoms with Gasteiger partial charge in [-0.05, 0) is 33.4 Å². The molecule has 0 spiro atoms. The Balaban J connectivity index is 2.75. The summed E-state index contributed by atoms with van der Waals surface area (Å²) in [6, 6.07) is -0.0208. The lowest BCUT2D eigenvalue weighted by Gasteiger charge is -2.22. The summed E-state index contributed by atoms with van der Waals surface area (Å²) in [7, 11) is 3.89. The van der Waals surface area contributed by atoms with Crippen molar-refractivity contribution < 1.29 is 4.79 Å². The zero-order valence-electron chi connectivity index (χ0n) is 7.97. The van der Waals surface area contributed by atoms with Crippen molar-refractivity contribution in [2.24, 2.45) is 0 Å². The normalized spacial score (nSPS) is 26.1. The maximum absolute atomic E-state index is 11.6. The molecular formula is C10H17NO. The number of nitrogens with zero attached hydrogens (tertiary/aromatic N) is 1. The summed E-state index contributed by atoms with van der Waals surface area (Å²) in [5, 5.41) is 0. The van der Waals surface area contributed by atoms with E-state index >= 15 is 0 Å². The molecule has 0 bridgehead atoms. The highest BCUT2D eigenvalue weighted by atomic mass is 16.1. The monoisotopic (exact) mass is 167 g/mol. The standard InChI is InChI=1S/C10H17NO/c1-8-6-4-5-7-9(12)10(8)11(2)3/h10H,1,4-7H2,2-3H3. The minimum atomic E-state index is -0.0208. The van der Waals surface area contributed by atoms with Gasteiger partial charge in [0.2, 0.25) is 0 Å². The fourth-order valence-electron chi connectivity index (χ4n) is 1.81. The second-order valence-electron chi connectivity index (χ2n) is 3.70. The Hall–Kier alpha value is -0.630. The summed E-state index contributed by atoms with van der Waals surface area (Å²) in [4.78, 5) is 13.5. The van der Waals surface area contributed by atoms with E-state index < -0.39 is 0 Å². The maximum atomic E-state index is 11.6. The van der Waals surface area contributed by atoms with Crippen LogP contribution in [0.25, 0.3) is 0 Å². The van der Waals surface area contributed by atoms with E-state index in [9.17, 15) is 4.79 Å². The van der Waals surface area contributed by atoms with Crippen LogP contribution in [0.4, 0.5) is 0 Å². The van der Waals surface area contributed by atoms with Crippen LogP contribution in [0.3, 0.4) is 0 Å². The van der Waals surface area contributed by atoms with Crippen LogP contribution in [-0.2, 0) is 4.79 Å². The molecule has 1 rings (SSSR count). The van der Waals surface area contributed by atoms with Crippen LogP contribution < -0.4 is 0 Å². The molecule has 1 aliphatic carbocycles. The highest BCUT2D eigenvalue weighted by molar-refractivity contribution is 5.87. The molecule has 1 fully saturated rings. The van der Waals surface area contributed by atoms with Crippen molar-refractivity contribution >= 4 is 5.78 Å². The third-order valence-electron chi connectivity index (χ3n) is 2.38. The quantitative estimate of drug-likeness (QED) is 0.437. The molecule has 1 aliphatic rings. The molecule has 0 aromatic carbocycles. The molecule has 0 aromatic heterocycles. The number of Topliss-reactive ketones (excluding diaryl/α,β-unsaturated/α-hetero) is 1. The summed E-state index contributed by atoms with van der Waals surface area (Å²) < 4.78 is 0. The molecule has 1 saturated carbocycles. The molecule has 2 nitrogen and oxygen atoms in total. The number of likely N-dealkylation sites (N-methyl/N-ethyl adjacent to an activating group) is 1. The van der Waals surface area contributed by atoms with Crippen LogP contribution in [0.2, 0.25) is 0 Å². The Bertz CT molecular complexity index is 178. The highest BCUT2D eigenvalue weighted by Gasteiger charge is 2.25. The zero-order chi connectivity index (χ0) is 9.14. The molecule has 0 radical (unpaired) electrons. The minimum absolute atomic E-state index is 0.0208.